The molecule has 3 rings (SSSR count). The van der Waals surface area contributed by atoms with Gasteiger partial charge in [-0.05, 0) is 29.8 Å². The first-order chi connectivity index (χ1) is 11.6. The molecule has 5 heteroatoms. The number of aromatic amines is 1. The van der Waals surface area contributed by atoms with Gasteiger partial charge in [-0.3, -0.25) is 4.79 Å². The van der Waals surface area contributed by atoms with Crippen LogP contribution < -0.4 is 10.9 Å². The van der Waals surface area contributed by atoms with Gasteiger partial charge in [0.15, 0.2) is 0 Å². The number of nitrogens with zero attached hydrogens (tertiary/aromatic N) is 2. The quantitative estimate of drug-likeness (QED) is 0.757. The van der Waals surface area contributed by atoms with Crippen molar-refractivity contribution in [3.63, 3.8) is 0 Å². The highest BCUT2D eigenvalue weighted by atomic mass is 16.1. The molecule has 0 atom stereocenters. The number of rotatable bonds is 5. The van der Waals surface area contributed by atoms with Gasteiger partial charge < -0.3 is 10.3 Å². The molecule has 2 N–H and O–H groups in total. The summed E-state index contributed by atoms with van der Waals surface area (Å²) in [6, 6.07) is 17.5. The molecule has 0 aliphatic heterocycles. The van der Waals surface area contributed by atoms with Crippen molar-refractivity contribution in [2.75, 3.05) is 11.9 Å². The highest BCUT2D eigenvalue weighted by Crippen LogP contribution is 2.23. The van der Waals surface area contributed by atoms with E-state index in [-0.39, 0.29) is 11.0 Å². The first-order valence-electron chi connectivity index (χ1n) is 7.87. The second-order valence-electron chi connectivity index (χ2n) is 6.32. The van der Waals surface area contributed by atoms with E-state index in [0.717, 1.165) is 6.54 Å². The minimum absolute atomic E-state index is 0.0296. The van der Waals surface area contributed by atoms with Gasteiger partial charge in [0.1, 0.15) is 5.82 Å². The van der Waals surface area contributed by atoms with Crippen molar-refractivity contribution >= 4 is 5.82 Å². The summed E-state index contributed by atoms with van der Waals surface area (Å²) in [6.45, 7) is 5.10. The Kier molecular flexibility index (Phi) is 4.42. The van der Waals surface area contributed by atoms with Crippen LogP contribution in [0.5, 0.6) is 0 Å². The molecule has 0 unspecified atom stereocenters. The zero-order chi connectivity index (χ0) is 17.0. The number of pyridine rings is 1. The zero-order valence-electron chi connectivity index (χ0n) is 13.8. The lowest BCUT2D eigenvalue weighted by Crippen LogP contribution is -2.27. The molecule has 0 aliphatic carbocycles. The first-order valence-corrected chi connectivity index (χ1v) is 7.87. The van der Waals surface area contributed by atoms with Crippen molar-refractivity contribution in [2.24, 2.45) is 0 Å². The van der Waals surface area contributed by atoms with E-state index in [1.54, 1.807) is 24.4 Å². The van der Waals surface area contributed by atoms with Crippen LogP contribution >= 0.6 is 0 Å². The smallest absolute Gasteiger partial charge is 0.257 e. The molecule has 0 saturated carbocycles. The number of benzene rings is 1. The SMILES string of the molecule is CC(C)(CNc1ccc(-c2ccc[nH]c2=O)nn1)c1ccccc1. The van der Waals surface area contributed by atoms with Crippen LogP contribution in [0.1, 0.15) is 19.4 Å². The van der Waals surface area contributed by atoms with Gasteiger partial charge in [-0.2, -0.15) is 0 Å². The molecule has 2 heterocycles. The van der Waals surface area contributed by atoms with Crippen molar-refractivity contribution in [1.29, 1.82) is 0 Å². The number of hydrogen-bond acceptors (Lipinski definition) is 4. The molecule has 0 fully saturated rings. The lowest BCUT2D eigenvalue weighted by molar-refractivity contribution is 0.556. The second-order valence-corrected chi connectivity index (χ2v) is 6.32. The Balaban J connectivity index is 1.71. The molecule has 3 aromatic rings. The third-order valence-electron chi connectivity index (χ3n) is 4.03. The molecule has 122 valence electrons. The summed E-state index contributed by atoms with van der Waals surface area (Å²) < 4.78 is 0. The van der Waals surface area contributed by atoms with E-state index in [0.29, 0.717) is 17.1 Å². The summed E-state index contributed by atoms with van der Waals surface area (Å²) in [6.07, 6.45) is 1.60. The van der Waals surface area contributed by atoms with Crippen molar-refractivity contribution in [3.8, 4) is 11.3 Å². The summed E-state index contributed by atoms with van der Waals surface area (Å²) in [4.78, 5) is 14.4. The lowest BCUT2D eigenvalue weighted by atomic mass is 9.85. The highest BCUT2D eigenvalue weighted by Gasteiger charge is 2.20. The van der Waals surface area contributed by atoms with Gasteiger partial charge in [-0.15, -0.1) is 10.2 Å². The Morgan fingerprint density at radius 1 is 1.00 bits per heavy atom. The first kappa shape index (κ1) is 15.9. The number of H-pyrrole nitrogens is 1. The Morgan fingerprint density at radius 2 is 1.79 bits per heavy atom. The fourth-order valence-corrected chi connectivity index (χ4v) is 2.50. The predicted molar refractivity (Wildman–Crippen MR) is 96.0 cm³/mol. The summed E-state index contributed by atoms with van der Waals surface area (Å²) >= 11 is 0. The molecular weight excluding hydrogens is 300 g/mol. The minimum atomic E-state index is -0.169. The van der Waals surface area contributed by atoms with Gasteiger partial charge in [0, 0.05) is 18.2 Å². The third kappa shape index (κ3) is 3.51. The largest absolute Gasteiger partial charge is 0.368 e. The summed E-state index contributed by atoms with van der Waals surface area (Å²) in [5, 5.41) is 11.6. The average molecular weight is 320 g/mol. The molecule has 0 amide bonds. The summed E-state index contributed by atoms with van der Waals surface area (Å²) in [5.41, 5.74) is 2.14. The van der Waals surface area contributed by atoms with Crippen LogP contribution in [0.4, 0.5) is 5.82 Å². The molecule has 5 nitrogen and oxygen atoms in total. The molecule has 0 radical (unpaired) electrons. The number of nitrogens with one attached hydrogen (secondary N) is 2. The van der Waals surface area contributed by atoms with Gasteiger partial charge in [-0.25, -0.2) is 0 Å². The van der Waals surface area contributed by atoms with Crippen molar-refractivity contribution in [2.45, 2.75) is 19.3 Å². The van der Waals surface area contributed by atoms with E-state index in [4.69, 9.17) is 0 Å². The molecule has 0 bridgehead atoms. The monoisotopic (exact) mass is 320 g/mol. The van der Waals surface area contributed by atoms with E-state index in [1.807, 2.05) is 24.3 Å². The molecule has 0 saturated heterocycles. The van der Waals surface area contributed by atoms with E-state index < -0.39 is 0 Å². The molecule has 24 heavy (non-hydrogen) atoms. The van der Waals surface area contributed by atoms with Crippen LogP contribution in [-0.4, -0.2) is 21.7 Å². The van der Waals surface area contributed by atoms with E-state index in [1.165, 1.54) is 5.56 Å². The van der Waals surface area contributed by atoms with Gasteiger partial charge in [0.2, 0.25) is 0 Å². The maximum Gasteiger partial charge on any atom is 0.257 e. The Labute approximate surface area is 140 Å². The van der Waals surface area contributed by atoms with E-state index >= 15 is 0 Å². The number of aromatic nitrogens is 3. The standard InChI is InChI=1S/C19H20N4O/c1-19(2,14-7-4-3-5-8-14)13-21-17-11-10-16(22-23-17)15-9-6-12-20-18(15)24/h3-12H,13H2,1-2H3,(H,20,24)(H,21,23). The predicted octanol–water partition coefficient (Wildman–Crippen LogP) is 3.22. The molecular formula is C19H20N4O. The van der Waals surface area contributed by atoms with Crippen LogP contribution in [-0.2, 0) is 5.41 Å². The topological polar surface area (TPSA) is 70.7 Å². The van der Waals surface area contributed by atoms with Crippen LogP contribution in [0.3, 0.4) is 0 Å². The molecule has 1 aromatic carbocycles. The fraction of sp³-hybridized carbons (Fsp3) is 0.211. The molecule has 2 aromatic heterocycles. The third-order valence-corrected chi connectivity index (χ3v) is 4.03. The number of anilines is 1. The van der Waals surface area contributed by atoms with Gasteiger partial charge in [0.05, 0.1) is 11.3 Å². The normalized spacial score (nSPS) is 11.2. The van der Waals surface area contributed by atoms with E-state index in [9.17, 15) is 4.79 Å². The van der Waals surface area contributed by atoms with Crippen LogP contribution in [0, 0.1) is 0 Å². The summed E-state index contributed by atoms with van der Waals surface area (Å²) in [7, 11) is 0. The lowest BCUT2D eigenvalue weighted by Gasteiger charge is -2.25. The average Bonchev–Trinajstić information content (AvgIpc) is 2.62. The summed E-state index contributed by atoms with van der Waals surface area (Å²) in [5.74, 6) is 0.690. The number of hydrogen-bond donors (Lipinski definition) is 2. The van der Waals surface area contributed by atoms with Crippen molar-refractivity contribution < 1.29 is 0 Å². The second kappa shape index (κ2) is 6.66. The minimum Gasteiger partial charge on any atom is -0.368 e. The fourth-order valence-electron chi connectivity index (χ4n) is 2.50. The van der Waals surface area contributed by atoms with Crippen molar-refractivity contribution in [3.05, 3.63) is 76.7 Å². The van der Waals surface area contributed by atoms with Crippen molar-refractivity contribution in [1.82, 2.24) is 15.2 Å². The van der Waals surface area contributed by atoms with Crippen LogP contribution in [0.15, 0.2) is 65.6 Å². The Morgan fingerprint density at radius 3 is 2.46 bits per heavy atom. The molecule has 0 aliphatic rings. The Bertz CT molecular complexity index is 854. The van der Waals surface area contributed by atoms with Gasteiger partial charge in [-0.1, -0.05) is 44.2 Å². The van der Waals surface area contributed by atoms with Gasteiger partial charge in [0.25, 0.3) is 5.56 Å². The highest BCUT2D eigenvalue weighted by molar-refractivity contribution is 5.58. The van der Waals surface area contributed by atoms with Gasteiger partial charge >= 0.3 is 0 Å². The maximum atomic E-state index is 11.8. The van der Waals surface area contributed by atoms with E-state index in [2.05, 4.69) is 46.5 Å². The van der Waals surface area contributed by atoms with Crippen LogP contribution in [0.2, 0.25) is 0 Å². The zero-order valence-corrected chi connectivity index (χ0v) is 13.8. The van der Waals surface area contributed by atoms with Crippen LogP contribution in [0.25, 0.3) is 11.3 Å². The molecule has 0 spiro atoms. The maximum absolute atomic E-state index is 11.8. The Hall–Kier alpha value is -2.95.